The molecule has 0 radical (unpaired) electrons. The molecule has 1 N–H and O–H groups in total. The third kappa shape index (κ3) is 1.80. The van der Waals surface area contributed by atoms with E-state index in [1.54, 1.807) is 4.90 Å². The Hall–Kier alpha value is -1.35. The molecule has 4 rings (SSSR count). The van der Waals surface area contributed by atoms with Crippen molar-refractivity contribution >= 4 is 11.6 Å². The van der Waals surface area contributed by atoms with E-state index in [0.29, 0.717) is 23.8 Å². The van der Waals surface area contributed by atoms with Crippen molar-refractivity contribution in [3.8, 4) is 0 Å². The van der Waals surface area contributed by atoms with Gasteiger partial charge in [0.05, 0.1) is 32.1 Å². The number of hydrogen-bond donors (Lipinski definition) is 1. The first-order valence-corrected chi connectivity index (χ1v) is 7.90. The molecule has 1 aliphatic carbocycles. The fourth-order valence-electron chi connectivity index (χ4n) is 4.01. The number of rotatable bonds is 1. The van der Waals surface area contributed by atoms with Crippen molar-refractivity contribution < 1.29 is 9.69 Å². The van der Waals surface area contributed by atoms with Gasteiger partial charge in [-0.15, -0.1) is 0 Å². The molecule has 3 nitrogen and oxygen atoms in total. The van der Waals surface area contributed by atoms with E-state index >= 15 is 0 Å². The van der Waals surface area contributed by atoms with Crippen LogP contribution in [0.4, 0.5) is 5.69 Å². The van der Waals surface area contributed by atoms with Crippen LogP contribution in [-0.2, 0) is 4.79 Å². The summed E-state index contributed by atoms with van der Waals surface area (Å²) in [5.41, 5.74) is 3.94. The SMILES string of the molecule is Cc1ccc2c(c1)[C@@H]1C[NH+](C)CC[C@H]1N2C(=O)C1CC1. The highest BCUT2D eigenvalue weighted by Gasteiger charge is 2.48. The van der Waals surface area contributed by atoms with Crippen molar-refractivity contribution in [3.05, 3.63) is 29.3 Å². The van der Waals surface area contributed by atoms with E-state index in [9.17, 15) is 4.79 Å². The van der Waals surface area contributed by atoms with Gasteiger partial charge >= 0.3 is 0 Å². The topological polar surface area (TPSA) is 24.8 Å². The third-order valence-electron chi connectivity index (χ3n) is 5.24. The van der Waals surface area contributed by atoms with Gasteiger partial charge in [0.15, 0.2) is 0 Å². The van der Waals surface area contributed by atoms with Gasteiger partial charge in [-0.1, -0.05) is 17.7 Å². The molecule has 0 aromatic heterocycles. The molecule has 106 valence electrons. The number of benzene rings is 1. The lowest BCUT2D eigenvalue weighted by atomic mass is 9.89. The number of likely N-dealkylation sites (N-methyl/N-ethyl adjacent to an activating group) is 1. The van der Waals surface area contributed by atoms with E-state index in [2.05, 4.69) is 37.1 Å². The second kappa shape index (κ2) is 4.32. The molecule has 1 aromatic carbocycles. The lowest BCUT2D eigenvalue weighted by Crippen LogP contribution is -3.11. The molecule has 1 unspecified atom stereocenters. The molecule has 3 atom stereocenters. The molecule has 2 fully saturated rings. The van der Waals surface area contributed by atoms with Crippen LogP contribution in [0.3, 0.4) is 0 Å². The van der Waals surface area contributed by atoms with Gasteiger partial charge in [-0.2, -0.15) is 0 Å². The van der Waals surface area contributed by atoms with Gasteiger partial charge in [-0.3, -0.25) is 4.79 Å². The van der Waals surface area contributed by atoms with E-state index in [-0.39, 0.29) is 0 Å². The Kier molecular flexibility index (Phi) is 2.68. The van der Waals surface area contributed by atoms with Crippen LogP contribution in [0.2, 0.25) is 0 Å². The third-order valence-corrected chi connectivity index (χ3v) is 5.24. The highest BCUT2D eigenvalue weighted by molar-refractivity contribution is 5.99. The average Bonchev–Trinajstić information content (AvgIpc) is 3.22. The van der Waals surface area contributed by atoms with Gasteiger partial charge in [0.25, 0.3) is 0 Å². The minimum Gasteiger partial charge on any atom is -0.337 e. The summed E-state index contributed by atoms with van der Waals surface area (Å²) in [4.78, 5) is 16.5. The number of amides is 1. The molecule has 20 heavy (non-hydrogen) atoms. The number of likely N-dealkylation sites (tertiary alicyclic amines) is 1. The highest BCUT2D eigenvalue weighted by Crippen LogP contribution is 2.45. The van der Waals surface area contributed by atoms with Crippen LogP contribution in [0.1, 0.15) is 36.3 Å². The Morgan fingerprint density at radius 2 is 2.10 bits per heavy atom. The first-order valence-electron chi connectivity index (χ1n) is 7.90. The van der Waals surface area contributed by atoms with Gasteiger partial charge in [-0.05, 0) is 31.4 Å². The summed E-state index contributed by atoms with van der Waals surface area (Å²) >= 11 is 0. The van der Waals surface area contributed by atoms with Crippen LogP contribution in [-0.4, -0.2) is 32.1 Å². The van der Waals surface area contributed by atoms with E-state index in [1.807, 2.05) is 0 Å². The first kappa shape index (κ1) is 12.4. The number of carbonyl (C=O) groups excluding carboxylic acids is 1. The number of quaternary nitrogens is 1. The van der Waals surface area contributed by atoms with Crippen LogP contribution in [0.5, 0.6) is 0 Å². The largest absolute Gasteiger partial charge is 0.337 e. The minimum absolute atomic E-state index is 0.315. The number of nitrogens with zero attached hydrogens (tertiary/aromatic N) is 1. The lowest BCUT2D eigenvalue weighted by Gasteiger charge is -2.34. The smallest absolute Gasteiger partial charge is 0.230 e. The summed E-state index contributed by atoms with van der Waals surface area (Å²) in [7, 11) is 2.27. The van der Waals surface area contributed by atoms with E-state index in [0.717, 1.165) is 25.8 Å². The number of piperidine rings is 1. The van der Waals surface area contributed by atoms with Crippen LogP contribution >= 0.6 is 0 Å². The number of nitrogens with one attached hydrogen (secondary N) is 1. The Bertz CT molecular complexity index is 564. The summed E-state index contributed by atoms with van der Waals surface area (Å²) in [6, 6.07) is 7.06. The fraction of sp³-hybridized carbons (Fsp3) is 0.588. The maximum atomic E-state index is 12.7. The summed E-state index contributed by atoms with van der Waals surface area (Å²) in [5.74, 6) is 1.25. The zero-order chi connectivity index (χ0) is 13.9. The zero-order valence-corrected chi connectivity index (χ0v) is 12.4. The van der Waals surface area contributed by atoms with Crippen LogP contribution in [0.15, 0.2) is 18.2 Å². The molecule has 1 saturated carbocycles. The van der Waals surface area contributed by atoms with Gasteiger partial charge in [0, 0.05) is 18.0 Å². The molecular weight excluding hydrogens is 248 g/mol. The molecule has 0 spiro atoms. The number of anilines is 1. The molecular formula is C17H23N2O+. The summed E-state index contributed by atoms with van der Waals surface area (Å²) in [5, 5.41) is 0. The Morgan fingerprint density at radius 1 is 1.30 bits per heavy atom. The second-order valence-corrected chi connectivity index (χ2v) is 6.92. The molecule has 1 aromatic rings. The Morgan fingerprint density at radius 3 is 2.85 bits per heavy atom. The van der Waals surface area contributed by atoms with E-state index < -0.39 is 0 Å². The second-order valence-electron chi connectivity index (χ2n) is 6.92. The van der Waals surface area contributed by atoms with Crippen molar-refractivity contribution in [2.75, 3.05) is 25.0 Å². The molecule has 1 saturated heterocycles. The normalized spacial score (nSPS) is 31.9. The summed E-state index contributed by atoms with van der Waals surface area (Å²) < 4.78 is 0. The van der Waals surface area contributed by atoms with Gasteiger partial charge in [-0.25, -0.2) is 0 Å². The minimum atomic E-state index is 0.315. The van der Waals surface area contributed by atoms with Gasteiger partial charge in [0.2, 0.25) is 5.91 Å². The number of fused-ring (bicyclic) bond motifs is 3. The standard InChI is InChI=1S/C17H22N2O/c1-11-3-6-15-13(9-11)14-10-18(2)8-7-16(14)19(15)17(20)12-4-5-12/h3,6,9,12,14,16H,4-5,7-8,10H2,1-2H3/p+1/t14-,16+/m0/s1. The maximum Gasteiger partial charge on any atom is 0.230 e. The summed E-state index contributed by atoms with van der Waals surface area (Å²) in [6.07, 6.45) is 3.33. The van der Waals surface area contributed by atoms with Crippen molar-refractivity contribution in [1.29, 1.82) is 0 Å². The van der Waals surface area contributed by atoms with Crippen LogP contribution in [0, 0.1) is 12.8 Å². The number of aryl methyl sites for hydroxylation is 1. The van der Waals surface area contributed by atoms with Crippen LogP contribution < -0.4 is 9.80 Å². The molecule has 3 heteroatoms. The molecule has 1 amide bonds. The predicted molar refractivity (Wildman–Crippen MR) is 79.2 cm³/mol. The molecule has 2 aliphatic heterocycles. The number of hydrogen-bond acceptors (Lipinski definition) is 1. The summed E-state index contributed by atoms with van der Waals surface area (Å²) in [6.45, 7) is 4.50. The van der Waals surface area contributed by atoms with Gasteiger partial charge in [0.1, 0.15) is 0 Å². The van der Waals surface area contributed by atoms with Crippen LogP contribution in [0.25, 0.3) is 0 Å². The fourth-order valence-corrected chi connectivity index (χ4v) is 4.01. The number of carbonyl (C=O) groups is 1. The van der Waals surface area contributed by atoms with Crippen molar-refractivity contribution in [1.82, 2.24) is 0 Å². The van der Waals surface area contributed by atoms with Crippen molar-refractivity contribution in [2.24, 2.45) is 5.92 Å². The Balaban J connectivity index is 1.78. The van der Waals surface area contributed by atoms with E-state index in [1.165, 1.54) is 23.4 Å². The monoisotopic (exact) mass is 271 g/mol. The first-order chi connectivity index (χ1) is 9.65. The molecule has 2 heterocycles. The van der Waals surface area contributed by atoms with E-state index in [4.69, 9.17) is 0 Å². The highest BCUT2D eigenvalue weighted by atomic mass is 16.2. The molecule has 3 aliphatic rings. The quantitative estimate of drug-likeness (QED) is 0.813. The van der Waals surface area contributed by atoms with Gasteiger partial charge < -0.3 is 9.80 Å². The Labute approximate surface area is 120 Å². The van der Waals surface area contributed by atoms with Crippen molar-refractivity contribution in [2.45, 2.75) is 38.1 Å². The maximum absolute atomic E-state index is 12.7. The van der Waals surface area contributed by atoms with Crippen molar-refractivity contribution in [3.63, 3.8) is 0 Å². The zero-order valence-electron chi connectivity index (χ0n) is 12.4. The predicted octanol–water partition coefficient (Wildman–Crippen LogP) is 1.12. The average molecular weight is 271 g/mol. The lowest BCUT2D eigenvalue weighted by molar-refractivity contribution is -0.886. The molecule has 0 bridgehead atoms.